The lowest BCUT2D eigenvalue weighted by molar-refractivity contribution is 0.291. The van der Waals surface area contributed by atoms with Gasteiger partial charge in [0.15, 0.2) is 18.9 Å². The molecule has 4 nitrogen and oxygen atoms in total. The minimum atomic E-state index is 0.518. The first-order valence-electron chi connectivity index (χ1n) is 10.5. The molecule has 0 bridgehead atoms. The Kier molecular flexibility index (Phi) is 4.47. The monoisotopic (exact) mass is 416 g/mol. The molecular formula is C28H20N2O2. The van der Waals surface area contributed by atoms with Crippen molar-refractivity contribution in [1.29, 1.82) is 0 Å². The summed E-state index contributed by atoms with van der Waals surface area (Å²) in [5.41, 5.74) is 6.78. The van der Waals surface area contributed by atoms with Crippen molar-refractivity contribution in [2.45, 2.75) is 0 Å². The number of fused-ring (bicyclic) bond motifs is 1. The number of nitrogens with one attached hydrogen (secondary N) is 1. The van der Waals surface area contributed by atoms with Crippen LogP contribution in [0.4, 0.5) is 0 Å². The van der Waals surface area contributed by atoms with Crippen LogP contribution in [0.25, 0.3) is 50.1 Å². The molecule has 2 heterocycles. The van der Waals surface area contributed by atoms with Crippen molar-refractivity contribution < 1.29 is 9.15 Å². The fourth-order valence-corrected chi connectivity index (χ4v) is 4.30. The van der Waals surface area contributed by atoms with Gasteiger partial charge in [0.2, 0.25) is 0 Å². The number of hydrogen-bond donors (Lipinski definition) is 1. The van der Waals surface area contributed by atoms with Crippen molar-refractivity contribution in [3.8, 4) is 33.6 Å². The van der Waals surface area contributed by atoms with Crippen LogP contribution in [0, 0.1) is 0 Å². The van der Waals surface area contributed by atoms with Crippen LogP contribution >= 0.6 is 0 Å². The normalized spacial score (nSPS) is 12.9. The van der Waals surface area contributed by atoms with Crippen LogP contribution in [0.5, 0.6) is 0 Å². The Morgan fingerprint density at radius 3 is 1.97 bits per heavy atom. The van der Waals surface area contributed by atoms with Crippen LogP contribution in [0.3, 0.4) is 0 Å². The maximum absolute atomic E-state index is 5.67. The SMILES string of the molecule is C1=C(c2cccc(-c3ccc(-c4cccc(-c5cnco5)c4)c4ccccc34)c2)OCN1. The molecule has 0 fully saturated rings. The predicted octanol–water partition coefficient (Wildman–Crippen LogP) is 6.70. The van der Waals surface area contributed by atoms with Crippen LogP contribution in [-0.2, 0) is 4.74 Å². The standard InChI is InChI=1S/C28H20N2O2/c1-2-10-26-24(20-6-4-8-22(14-20)28-16-30-18-32-28)12-11-23(25(26)9-1)19-5-3-7-21(13-19)27-15-29-17-31-27/h1-17,30H,18H2. The highest BCUT2D eigenvalue weighted by Gasteiger charge is 2.13. The zero-order valence-electron chi connectivity index (χ0n) is 17.3. The van der Waals surface area contributed by atoms with E-state index in [4.69, 9.17) is 9.15 Å². The van der Waals surface area contributed by atoms with Crippen molar-refractivity contribution in [2.24, 2.45) is 0 Å². The lowest BCUT2D eigenvalue weighted by atomic mass is 9.91. The van der Waals surface area contributed by atoms with Crippen LogP contribution in [0.15, 0.2) is 108 Å². The van der Waals surface area contributed by atoms with E-state index in [1.807, 2.05) is 12.3 Å². The summed E-state index contributed by atoms with van der Waals surface area (Å²) < 4.78 is 11.2. The van der Waals surface area contributed by atoms with Crippen molar-refractivity contribution in [3.05, 3.63) is 109 Å². The summed E-state index contributed by atoms with van der Waals surface area (Å²) in [6.07, 6.45) is 5.12. The summed E-state index contributed by atoms with van der Waals surface area (Å²) in [4.78, 5) is 4.05. The van der Waals surface area contributed by atoms with E-state index in [0.717, 1.165) is 33.8 Å². The van der Waals surface area contributed by atoms with Gasteiger partial charge in [-0.1, -0.05) is 72.8 Å². The van der Waals surface area contributed by atoms with Gasteiger partial charge in [-0.15, -0.1) is 0 Å². The van der Waals surface area contributed by atoms with E-state index in [2.05, 4.69) is 89.2 Å². The molecule has 4 heteroatoms. The van der Waals surface area contributed by atoms with Crippen molar-refractivity contribution in [3.63, 3.8) is 0 Å². The van der Waals surface area contributed by atoms with Crippen LogP contribution in [0.1, 0.15) is 5.56 Å². The number of aromatic nitrogens is 1. The summed E-state index contributed by atoms with van der Waals surface area (Å²) in [5, 5.41) is 5.53. The smallest absolute Gasteiger partial charge is 0.181 e. The maximum atomic E-state index is 5.67. The average molecular weight is 416 g/mol. The maximum Gasteiger partial charge on any atom is 0.181 e. The topological polar surface area (TPSA) is 47.3 Å². The second-order valence-electron chi connectivity index (χ2n) is 7.73. The summed E-state index contributed by atoms with van der Waals surface area (Å²) in [6, 6.07) is 29.9. The molecule has 4 aromatic carbocycles. The molecule has 0 atom stereocenters. The van der Waals surface area contributed by atoms with Crippen LogP contribution in [0.2, 0.25) is 0 Å². The minimum absolute atomic E-state index is 0.518. The van der Waals surface area contributed by atoms with E-state index in [1.165, 1.54) is 28.3 Å². The molecule has 0 unspecified atom stereocenters. The van der Waals surface area contributed by atoms with Gasteiger partial charge < -0.3 is 14.5 Å². The molecule has 154 valence electrons. The fraction of sp³-hybridized carbons (Fsp3) is 0.0357. The van der Waals surface area contributed by atoms with E-state index >= 15 is 0 Å². The molecule has 5 aromatic rings. The summed E-state index contributed by atoms with van der Waals surface area (Å²) in [7, 11) is 0. The second-order valence-corrected chi connectivity index (χ2v) is 7.73. The van der Waals surface area contributed by atoms with Gasteiger partial charge in [0, 0.05) is 17.3 Å². The lowest BCUT2D eigenvalue weighted by Gasteiger charge is -2.13. The number of rotatable bonds is 4. The molecule has 1 aliphatic heterocycles. The zero-order valence-corrected chi connectivity index (χ0v) is 17.3. The third kappa shape index (κ3) is 3.22. The molecule has 0 aliphatic carbocycles. The quantitative estimate of drug-likeness (QED) is 0.354. The van der Waals surface area contributed by atoms with Crippen LogP contribution in [-0.4, -0.2) is 11.7 Å². The van der Waals surface area contributed by atoms with E-state index in [0.29, 0.717) is 6.73 Å². The largest absolute Gasteiger partial charge is 0.471 e. The average Bonchev–Trinajstić information content (AvgIpc) is 3.59. The molecule has 32 heavy (non-hydrogen) atoms. The van der Waals surface area contributed by atoms with Crippen LogP contribution < -0.4 is 5.32 Å². The number of oxazole rings is 1. The van der Waals surface area contributed by atoms with Gasteiger partial charge in [0.05, 0.1) is 6.20 Å². The van der Waals surface area contributed by atoms with Crippen molar-refractivity contribution >= 4 is 16.5 Å². The Balaban J connectivity index is 1.48. The van der Waals surface area contributed by atoms with E-state index < -0.39 is 0 Å². The molecule has 0 saturated carbocycles. The molecule has 0 saturated heterocycles. The van der Waals surface area contributed by atoms with E-state index in [1.54, 1.807) is 6.20 Å². The molecule has 0 radical (unpaired) electrons. The van der Waals surface area contributed by atoms with Gasteiger partial charge in [-0.2, -0.15) is 0 Å². The lowest BCUT2D eigenvalue weighted by Crippen LogP contribution is -1.98. The van der Waals surface area contributed by atoms with Gasteiger partial charge in [-0.25, -0.2) is 4.98 Å². The fourth-order valence-electron chi connectivity index (χ4n) is 4.30. The van der Waals surface area contributed by atoms with Crippen molar-refractivity contribution in [2.75, 3.05) is 6.73 Å². The summed E-state index contributed by atoms with van der Waals surface area (Å²) >= 11 is 0. The first kappa shape index (κ1) is 18.5. The third-order valence-corrected chi connectivity index (χ3v) is 5.82. The molecule has 0 amide bonds. The summed E-state index contributed by atoms with van der Waals surface area (Å²) in [5.74, 6) is 1.64. The first-order valence-corrected chi connectivity index (χ1v) is 10.5. The van der Waals surface area contributed by atoms with Gasteiger partial charge in [0.1, 0.15) is 5.76 Å². The highest BCUT2D eigenvalue weighted by Crippen LogP contribution is 2.37. The second kappa shape index (κ2) is 7.75. The number of benzene rings is 4. The zero-order chi connectivity index (χ0) is 21.3. The highest BCUT2D eigenvalue weighted by atomic mass is 16.5. The number of hydrogen-bond acceptors (Lipinski definition) is 4. The highest BCUT2D eigenvalue weighted by molar-refractivity contribution is 6.05. The molecule has 1 aliphatic rings. The molecule has 1 aromatic heterocycles. The van der Waals surface area contributed by atoms with Gasteiger partial charge >= 0.3 is 0 Å². The summed E-state index contributed by atoms with van der Waals surface area (Å²) in [6.45, 7) is 0.518. The molecular weight excluding hydrogens is 396 g/mol. The van der Waals surface area contributed by atoms with E-state index in [9.17, 15) is 0 Å². The van der Waals surface area contributed by atoms with Gasteiger partial charge in [0.25, 0.3) is 0 Å². The molecule has 6 rings (SSSR count). The Morgan fingerprint density at radius 2 is 1.34 bits per heavy atom. The Labute approximate surface area is 185 Å². The minimum Gasteiger partial charge on any atom is -0.471 e. The Morgan fingerprint density at radius 1 is 0.688 bits per heavy atom. The van der Waals surface area contributed by atoms with Gasteiger partial charge in [-0.05, 0) is 45.2 Å². The third-order valence-electron chi connectivity index (χ3n) is 5.82. The first-order chi connectivity index (χ1) is 15.9. The Bertz CT molecular complexity index is 1450. The van der Waals surface area contributed by atoms with Gasteiger partial charge in [-0.3, -0.25) is 0 Å². The number of ether oxygens (including phenoxy) is 1. The molecule has 1 N–H and O–H groups in total. The Hall–Kier alpha value is -4.31. The van der Waals surface area contributed by atoms with Crippen molar-refractivity contribution in [1.82, 2.24) is 10.3 Å². The predicted molar refractivity (Wildman–Crippen MR) is 127 cm³/mol. The van der Waals surface area contributed by atoms with E-state index in [-0.39, 0.29) is 0 Å². The number of nitrogens with zero attached hydrogens (tertiary/aromatic N) is 1. The molecule has 0 spiro atoms.